The van der Waals surface area contributed by atoms with Crippen molar-refractivity contribution in [1.82, 2.24) is 9.97 Å². The Labute approximate surface area is 163 Å². The van der Waals surface area contributed by atoms with E-state index >= 15 is 0 Å². The first-order valence-corrected chi connectivity index (χ1v) is 8.64. The molecule has 1 N–H and O–H groups in total. The molecule has 0 fully saturated rings. The Morgan fingerprint density at radius 3 is 2.48 bits per heavy atom. The maximum Gasteiger partial charge on any atom is 0.416 e. The van der Waals surface area contributed by atoms with Crippen molar-refractivity contribution in [2.24, 2.45) is 0 Å². The highest BCUT2D eigenvalue weighted by molar-refractivity contribution is 5.80. The van der Waals surface area contributed by atoms with Crippen LogP contribution >= 0.6 is 0 Å². The first-order chi connectivity index (χ1) is 13.8. The van der Waals surface area contributed by atoms with Crippen LogP contribution in [0, 0.1) is 10.1 Å². The molecule has 29 heavy (non-hydrogen) atoms. The standard InChI is InChI=1S/C19H14F3N5O2/c20-19(21,22)13-5-7-14(8-6-13)25-17-16(27(28)29)18(24-11-23-17)26-10-9-12-3-1-2-4-15(12)26/h1-8,11H,9-10H2,(H,23,24,25). The first-order valence-electron chi connectivity index (χ1n) is 8.64. The average molecular weight is 401 g/mol. The number of nitrogens with one attached hydrogen (secondary N) is 1. The molecule has 0 aliphatic carbocycles. The number of hydrogen-bond donors (Lipinski definition) is 1. The largest absolute Gasteiger partial charge is 0.416 e. The van der Waals surface area contributed by atoms with E-state index in [1.807, 2.05) is 24.3 Å². The Hall–Kier alpha value is -3.69. The summed E-state index contributed by atoms with van der Waals surface area (Å²) in [5.41, 5.74) is 0.971. The molecule has 0 saturated heterocycles. The van der Waals surface area contributed by atoms with E-state index in [-0.39, 0.29) is 23.0 Å². The summed E-state index contributed by atoms with van der Waals surface area (Å²) >= 11 is 0. The van der Waals surface area contributed by atoms with Crippen LogP contribution in [-0.2, 0) is 12.6 Å². The second kappa shape index (κ2) is 7.04. The van der Waals surface area contributed by atoms with Crippen molar-refractivity contribution in [2.75, 3.05) is 16.8 Å². The van der Waals surface area contributed by atoms with Gasteiger partial charge < -0.3 is 10.2 Å². The number of rotatable bonds is 4. The van der Waals surface area contributed by atoms with E-state index in [0.29, 0.717) is 6.54 Å². The lowest BCUT2D eigenvalue weighted by atomic mass is 10.2. The zero-order chi connectivity index (χ0) is 20.6. The molecular formula is C19H14F3N5O2. The third kappa shape index (κ3) is 3.56. The summed E-state index contributed by atoms with van der Waals surface area (Å²) in [6.07, 6.45) is -2.55. The van der Waals surface area contributed by atoms with Crippen LogP contribution in [0.5, 0.6) is 0 Å². The van der Waals surface area contributed by atoms with Gasteiger partial charge in [-0.2, -0.15) is 13.2 Å². The first kappa shape index (κ1) is 18.7. The SMILES string of the molecule is O=[N+]([O-])c1c(Nc2ccc(C(F)(F)F)cc2)ncnc1N1CCc2ccccc21. The van der Waals surface area contributed by atoms with Gasteiger partial charge in [-0.05, 0) is 42.3 Å². The van der Waals surface area contributed by atoms with Crippen LogP contribution in [0.15, 0.2) is 54.9 Å². The smallest absolute Gasteiger partial charge is 0.334 e. The Balaban J connectivity index is 1.71. The number of hydrogen-bond acceptors (Lipinski definition) is 6. The molecule has 0 amide bonds. The number of anilines is 4. The molecule has 2 aromatic carbocycles. The van der Waals surface area contributed by atoms with Gasteiger partial charge in [0.15, 0.2) is 0 Å². The van der Waals surface area contributed by atoms with E-state index in [1.54, 1.807) is 4.90 Å². The van der Waals surface area contributed by atoms with Gasteiger partial charge in [-0.25, -0.2) is 9.97 Å². The Morgan fingerprint density at radius 2 is 1.79 bits per heavy atom. The predicted octanol–water partition coefficient (Wildman–Crippen LogP) is 4.84. The summed E-state index contributed by atoms with van der Waals surface area (Å²) < 4.78 is 38.2. The van der Waals surface area contributed by atoms with Crippen LogP contribution in [0.1, 0.15) is 11.1 Å². The van der Waals surface area contributed by atoms with Gasteiger partial charge >= 0.3 is 11.9 Å². The molecule has 0 radical (unpaired) electrons. The topological polar surface area (TPSA) is 84.2 Å². The molecule has 0 spiro atoms. The van der Waals surface area contributed by atoms with E-state index in [0.717, 1.165) is 29.8 Å². The van der Waals surface area contributed by atoms with E-state index in [9.17, 15) is 23.3 Å². The van der Waals surface area contributed by atoms with Gasteiger partial charge in [-0.15, -0.1) is 0 Å². The molecule has 1 aliphatic heterocycles. The van der Waals surface area contributed by atoms with Gasteiger partial charge in [0, 0.05) is 17.9 Å². The second-order valence-corrected chi connectivity index (χ2v) is 6.38. The highest BCUT2D eigenvalue weighted by Gasteiger charge is 2.32. The zero-order valence-electron chi connectivity index (χ0n) is 14.8. The molecule has 0 bridgehead atoms. The molecule has 1 aromatic heterocycles. The summed E-state index contributed by atoms with van der Waals surface area (Å²) in [5.74, 6) is 0.0356. The van der Waals surface area contributed by atoms with E-state index < -0.39 is 16.7 Å². The molecule has 1 aliphatic rings. The predicted molar refractivity (Wildman–Crippen MR) is 101 cm³/mol. The van der Waals surface area contributed by atoms with Crippen LogP contribution in [0.25, 0.3) is 0 Å². The van der Waals surface area contributed by atoms with Gasteiger partial charge in [-0.1, -0.05) is 18.2 Å². The van der Waals surface area contributed by atoms with Crippen LogP contribution in [0.2, 0.25) is 0 Å². The second-order valence-electron chi connectivity index (χ2n) is 6.38. The maximum absolute atomic E-state index is 12.7. The monoisotopic (exact) mass is 401 g/mol. The third-order valence-corrected chi connectivity index (χ3v) is 4.60. The normalized spacial score (nSPS) is 13.3. The highest BCUT2D eigenvalue weighted by atomic mass is 19.4. The fourth-order valence-corrected chi connectivity index (χ4v) is 3.26. The van der Waals surface area contributed by atoms with Crippen molar-refractivity contribution in [3.63, 3.8) is 0 Å². The number of halogens is 3. The number of alkyl halides is 3. The summed E-state index contributed by atoms with van der Waals surface area (Å²) in [7, 11) is 0. The summed E-state index contributed by atoms with van der Waals surface area (Å²) in [6, 6.07) is 11.7. The van der Waals surface area contributed by atoms with E-state index in [4.69, 9.17) is 0 Å². The van der Waals surface area contributed by atoms with Gasteiger partial charge in [0.1, 0.15) is 6.33 Å². The van der Waals surface area contributed by atoms with Crippen molar-refractivity contribution >= 4 is 28.7 Å². The van der Waals surface area contributed by atoms with Crippen molar-refractivity contribution in [1.29, 1.82) is 0 Å². The zero-order valence-corrected chi connectivity index (χ0v) is 14.8. The Kier molecular flexibility index (Phi) is 4.53. The van der Waals surface area contributed by atoms with Gasteiger partial charge in [0.2, 0.25) is 11.6 Å². The molecule has 2 heterocycles. The van der Waals surface area contributed by atoms with Crippen molar-refractivity contribution in [3.8, 4) is 0 Å². The van der Waals surface area contributed by atoms with Crippen molar-refractivity contribution in [2.45, 2.75) is 12.6 Å². The van der Waals surface area contributed by atoms with Crippen LogP contribution in [0.3, 0.4) is 0 Å². The van der Waals surface area contributed by atoms with Gasteiger partial charge in [0.05, 0.1) is 10.5 Å². The summed E-state index contributed by atoms with van der Waals surface area (Å²) in [6.45, 7) is 0.525. The van der Waals surface area contributed by atoms with E-state index in [1.165, 1.54) is 18.5 Å². The number of fused-ring (bicyclic) bond motifs is 1. The molecule has 3 aromatic rings. The molecule has 0 atom stereocenters. The van der Waals surface area contributed by atoms with Crippen LogP contribution in [0.4, 0.5) is 41.9 Å². The fraction of sp³-hybridized carbons (Fsp3) is 0.158. The molecular weight excluding hydrogens is 387 g/mol. The van der Waals surface area contributed by atoms with Crippen molar-refractivity contribution in [3.05, 3.63) is 76.1 Å². The number of nitrogens with zero attached hydrogens (tertiary/aromatic N) is 4. The fourth-order valence-electron chi connectivity index (χ4n) is 3.26. The highest BCUT2D eigenvalue weighted by Crippen LogP contribution is 2.41. The van der Waals surface area contributed by atoms with Crippen molar-refractivity contribution < 1.29 is 18.1 Å². The third-order valence-electron chi connectivity index (χ3n) is 4.60. The quantitative estimate of drug-likeness (QED) is 0.497. The lowest BCUT2D eigenvalue weighted by Gasteiger charge is -2.19. The lowest BCUT2D eigenvalue weighted by Crippen LogP contribution is -2.17. The molecule has 7 nitrogen and oxygen atoms in total. The summed E-state index contributed by atoms with van der Waals surface area (Å²) in [5, 5.41) is 14.5. The molecule has 0 saturated carbocycles. The minimum Gasteiger partial charge on any atom is -0.334 e. The number of benzene rings is 2. The number of para-hydroxylation sites is 1. The Bertz CT molecular complexity index is 1070. The maximum atomic E-state index is 12.7. The molecule has 10 heteroatoms. The molecule has 4 rings (SSSR count). The van der Waals surface area contributed by atoms with Crippen LogP contribution in [-0.4, -0.2) is 21.4 Å². The van der Waals surface area contributed by atoms with E-state index in [2.05, 4.69) is 15.3 Å². The molecule has 148 valence electrons. The average Bonchev–Trinajstić information content (AvgIpc) is 3.11. The van der Waals surface area contributed by atoms with Gasteiger partial charge in [-0.3, -0.25) is 10.1 Å². The summed E-state index contributed by atoms with van der Waals surface area (Å²) in [4.78, 5) is 21.0. The number of aromatic nitrogens is 2. The number of nitro groups is 1. The van der Waals surface area contributed by atoms with Crippen LogP contribution < -0.4 is 10.2 Å². The lowest BCUT2D eigenvalue weighted by molar-refractivity contribution is -0.383. The minimum absolute atomic E-state index is 0.0934. The van der Waals surface area contributed by atoms with Gasteiger partial charge in [0.25, 0.3) is 0 Å². The molecule has 0 unspecified atom stereocenters. The Morgan fingerprint density at radius 1 is 1.07 bits per heavy atom. The minimum atomic E-state index is -4.46.